The van der Waals surface area contributed by atoms with Crippen LogP contribution in [0.2, 0.25) is 0 Å². The zero-order chi connectivity index (χ0) is 11.7. The Balaban J connectivity index is 2.74. The lowest BCUT2D eigenvalue weighted by Gasteiger charge is -2.37. The maximum Gasteiger partial charge on any atom is 0.259 e. The molecule has 0 atom stereocenters. The minimum absolute atomic E-state index is 0.422. The molecule has 1 amide bonds. The van der Waals surface area contributed by atoms with E-state index in [2.05, 4.69) is 0 Å². The van der Waals surface area contributed by atoms with Gasteiger partial charge < -0.3 is 4.90 Å². The molecule has 1 saturated heterocycles. The molecule has 0 aromatic carbocycles. The summed E-state index contributed by atoms with van der Waals surface area (Å²) in [6.45, 7) is 4.71. The standard InChI is InChI=1S/C11H19F2NO/c1-10(2,11(3,12)13)9(15)14-7-5-4-6-8-14/h4-8H2,1-3H3. The van der Waals surface area contributed by atoms with E-state index in [-0.39, 0.29) is 0 Å². The number of nitrogens with zero attached hydrogens (tertiary/aromatic N) is 1. The van der Waals surface area contributed by atoms with Crippen molar-refractivity contribution in [2.45, 2.75) is 46.0 Å². The number of likely N-dealkylation sites (tertiary alicyclic amines) is 1. The van der Waals surface area contributed by atoms with Crippen molar-refractivity contribution < 1.29 is 13.6 Å². The van der Waals surface area contributed by atoms with Crippen molar-refractivity contribution >= 4 is 5.91 Å². The van der Waals surface area contributed by atoms with Gasteiger partial charge in [0.1, 0.15) is 5.41 Å². The molecule has 88 valence electrons. The molecule has 0 unspecified atom stereocenters. The Bertz CT molecular complexity index is 239. The highest BCUT2D eigenvalue weighted by atomic mass is 19.3. The van der Waals surface area contributed by atoms with Crippen LogP contribution in [0, 0.1) is 5.41 Å². The summed E-state index contributed by atoms with van der Waals surface area (Å²) >= 11 is 0. The van der Waals surface area contributed by atoms with Gasteiger partial charge in [-0.15, -0.1) is 0 Å². The van der Waals surface area contributed by atoms with Crippen LogP contribution >= 0.6 is 0 Å². The van der Waals surface area contributed by atoms with E-state index in [1.165, 1.54) is 13.8 Å². The van der Waals surface area contributed by atoms with E-state index in [0.29, 0.717) is 13.1 Å². The Labute approximate surface area is 89.6 Å². The third-order valence-electron chi connectivity index (χ3n) is 3.28. The van der Waals surface area contributed by atoms with Gasteiger partial charge in [0.15, 0.2) is 0 Å². The lowest BCUT2D eigenvalue weighted by atomic mass is 9.84. The minimum Gasteiger partial charge on any atom is -0.342 e. The lowest BCUT2D eigenvalue weighted by molar-refractivity contribution is -0.163. The van der Waals surface area contributed by atoms with E-state index in [1.54, 1.807) is 4.90 Å². The normalized spacial score (nSPS) is 19.1. The molecule has 0 aromatic rings. The van der Waals surface area contributed by atoms with E-state index in [1.807, 2.05) is 0 Å². The van der Waals surface area contributed by atoms with Gasteiger partial charge in [-0.3, -0.25) is 4.79 Å². The fourth-order valence-corrected chi connectivity index (χ4v) is 1.68. The van der Waals surface area contributed by atoms with Crippen LogP contribution in [0.3, 0.4) is 0 Å². The van der Waals surface area contributed by atoms with Crippen LogP contribution in [0.1, 0.15) is 40.0 Å². The van der Waals surface area contributed by atoms with Crippen molar-refractivity contribution in [1.82, 2.24) is 4.90 Å². The van der Waals surface area contributed by atoms with Crippen molar-refractivity contribution in [3.05, 3.63) is 0 Å². The molecule has 0 aromatic heterocycles. The first-order valence-electron chi connectivity index (χ1n) is 5.44. The predicted octanol–water partition coefficient (Wildman–Crippen LogP) is 2.68. The van der Waals surface area contributed by atoms with Crippen LogP contribution in [0.15, 0.2) is 0 Å². The summed E-state index contributed by atoms with van der Waals surface area (Å²) in [4.78, 5) is 13.5. The van der Waals surface area contributed by atoms with E-state index in [0.717, 1.165) is 26.2 Å². The Morgan fingerprint density at radius 3 is 1.93 bits per heavy atom. The van der Waals surface area contributed by atoms with Gasteiger partial charge in [-0.1, -0.05) is 0 Å². The van der Waals surface area contributed by atoms with Crippen molar-refractivity contribution in [3.63, 3.8) is 0 Å². The van der Waals surface area contributed by atoms with E-state index in [9.17, 15) is 13.6 Å². The average molecular weight is 219 g/mol. The van der Waals surface area contributed by atoms with Crippen molar-refractivity contribution in [2.24, 2.45) is 5.41 Å². The molecule has 1 aliphatic rings. The van der Waals surface area contributed by atoms with Gasteiger partial charge in [-0.2, -0.15) is 0 Å². The molecule has 0 saturated carbocycles. The van der Waals surface area contributed by atoms with Gasteiger partial charge in [0.25, 0.3) is 5.92 Å². The van der Waals surface area contributed by atoms with Crippen LogP contribution in [-0.2, 0) is 4.79 Å². The fourth-order valence-electron chi connectivity index (χ4n) is 1.68. The smallest absolute Gasteiger partial charge is 0.259 e. The van der Waals surface area contributed by atoms with Gasteiger partial charge in [-0.05, 0) is 33.1 Å². The number of piperidine rings is 1. The van der Waals surface area contributed by atoms with Crippen LogP contribution in [0.5, 0.6) is 0 Å². The highest BCUT2D eigenvalue weighted by molar-refractivity contribution is 5.83. The summed E-state index contributed by atoms with van der Waals surface area (Å²) < 4.78 is 26.5. The van der Waals surface area contributed by atoms with Gasteiger partial charge >= 0.3 is 0 Å². The van der Waals surface area contributed by atoms with Crippen LogP contribution in [-0.4, -0.2) is 29.8 Å². The number of alkyl halides is 2. The Kier molecular flexibility index (Phi) is 3.36. The van der Waals surface area contributed by atoms with E-state index < -0.39 is 17.2 Å². The minimum atomic E-state index is -2.97. The number of rotatable bonds is 2. The maximum atomic E-state index is 13.3. The topological polar surface area (TPSA) is 20.3 Å². The van der Waals surface area contributed by atoms with Crippen LogP contribution in [0.25, 0.3) is 0 Å². The molecule has 1 heterocycles. The zero-order valence-electron chi connectivity index (χ0n) is 9.65. The Morgan fingerprint density at radius 1 is 1.07 bits per heavy atom. The van der Waals surface area contributed by atoms with Crippen molar-refractivity contribution in [2.75, 3.05) is 13.1 Å². The second-order valence-corrected chi connectivity index (χ2v) is 4.87. The summed E-state index contributed by atoms with van der Waals surface area (Å²) in [5.74, 6) is -3.39. The third-order valence-corrected chi connectivity index (χ3v) is 3.28. The summed E-state index contributed by atoms with van der Waals surface area (Å²) in [5.41, 5.74) is -1.59. The largest absolute Gasteiger partial charge is 0.342 e. The number of hydrogen-bond acceptors (Lipinski definition) is 1. The molecule has 4 heteroatoms. The monoisotopic (exact) mass is 219 g/mol. The average Bonchev–Trinajstić information content (AvgIpc) is 2.16. The molecule has 1 fully saturated rings. The first kappa shape index (κ1) is 12.4. The summed E-state index contributed by atoms with van der Waals surface area (Å²) in [6.07, 6.45) is 2.95. The summed E-state index contributed by atoms with van der Waals surface area (Å²) in [7, 11) is 0. The molecular formula is C11H19F2NO. The van der Waals surface area contributed by atoms with Gasteiger partial charge in [-0.25, -0.2) is 8.78 Å². The first-order valence-corrected chi connectivity index (χ1v) is 5.44. The number of carbonyl (C=O) groups is 1. The molecule has 0 radical (unpaired) electrons. The second kappa shape index (κ2) is 4.06. The molecule has 15 heavy (non-hydrogen) atoms. The maximum absolute atomic E-state index is 13.3. The SMILES string of the molecule is CC(F)(F)C(C)(C)C(=O)N1CCCCC1. The lowest BCUT2D eigenvalue weighted by Crippen LogP contribution is -2.50. The molecule has 0 aliphatic carbocycles. The van der Waals surface area contributed by atoms with Gasteiger partial charge in [0.05, 0.1) is 0 Å². The molecule has 2 nitrogen and oxygen atoms in total. The van der Waals surface area contributed by atoms with Gasteiger partial charge in [0.2, 0.25) is 5.91 Å². The highest BCUT2D eigenvalue weighted by Crippen LogP contribution is 2.37. The molecule has 0 spiro atoms. The molecule has 1 aliphatic heterocycles. The van der Waals surface area contributed by atoms with Crippen molar-refractivity contribution in [1.29, 1.82) is 0 Å². The third kappa shape index (κ3) is 2.47. The predicted molar refractivity (Wildman–Crippen MR) is 54.8 cm³/mol. The summed E-state index contributed by atoms with van der Waals surface area (Å²) in [5, 5.41) is 0. The summed E-state index contributed by atoms with van der Waals surface area (Å²) in [6, 6.07) is 0. The first-order chi connectivity index (χ1) is 6.77. The molecule has 0 N–H and O–H groups in total. The van der Waals surface area contributed by atoms with Crippen LogP contribution in [0.4, 0.5) is 8.78 Å². The number of amides is 1. The zero-order valence-corrected chi connectivity index (χ0v) is 9.65. The molecule has 1 rings (SSSR count). The quantitative estimate of drug-likeness (QED) is 0.699. The second-order valence-electron chi connectivity index (χ2n) is 4.87. The Hall–Kier alpha value is -0.670. The van der Waals surface area contributed by atoms with E-state index in [4.69, 9.17) is 0 Å². The number of halogens is 2. The highest BCUT2D eigenvalue weighted by Gasteiger charge is 2.49. The number of carbonyl (C=O) groups excluding carboxylic acids is 1. The molecule has 0 bridgehead atoms. The fraction of sp³-hybridized carbons (Fsp3) is 0.909. The van der Waals surface area contributed by atoms with Crippen LogP contribution < -0.4 is 0 Å². The Morgan fingerprint density at radius 2 is 1.53 bits per heavy atom. The van der Waals surface area contributed by atoms with Crippen molar-refractivity contribution in [3.8, 4) is 0 Å². The molecular weight excluding hydrogens is 200 g/mol. The number of hydrogen-bond donors (Lipinski definition) is 0. The van der Waals surface area contributed by atoms with Gasteiger partial charge in [0, 0.05) is 20.0 Å². The van der Waals surface area contributed by atoms with E-state index >= 15 is 0 Å².